The molecule has 0 fully saturated rings. The summed E-state index contributed by atoms with van der Waals surface area (Å²) in [6.07, 6.45) is 6.18. The van der Waals surface area contributed by atoms with Crippen LogP contribution in [-0.2, 0) is 7.05 Å². The highest BCUT2D eigenvalue weighted by atomic mass is 16.5. The zero-order chi connectivity index (χ0) is 14.4. The predicted molar refractivity (Wildman–Crippen MR) is 81.0 cm³/mol. The smallest absolute Gasteiger partial charge is 0.119 e. The Morgan fingerprint density at radius 1 is 1.25 bits per heavy atom. The molecule has 0 saturated carbocycles. The second kappa shape index (κ2) is 7.10. The number of benzene rings is 1. The summed E-state index contributed by atoms with van der Waals surface area (Å²) < 4.78 is 7.51. The first-order valence-electron chi connectivity index (χ1n) is 7.13. The number of hydrogen-bond donors (Lipinski definition) is 1. The Morgan fingerprint density at radius 2 is 2.00 bits per heavy atom. The van der Waals surface area contributed by atoms with Gasteiger partial charge in [0.2, 0.25) is 0 Å². The van der Waals surface area contributed by atoms with Gasteiger partial charge in [0.1, 0.15) is 5.75 Å². The highest BCUT2D eigenvalue weighted by Crippen LogP contribution is 2.23. The molecule has 0 spiro atoms. The molecule has 20 heavy (non-hydrogen) atoms. The van der Waals surface area contributed by atoms with E-state index in [1.54, 1.807) is 0 Å². The Bertz CT molecular complexity index is 519. The van der Waals surface area contributed by atoms with Crippen LogP contribution < -0.4 is 10.1 Å². The van der Waals surface area contributed by atoms with Gasteiger partial charge >= 0.3 is 0 Å². The van der Waals surface area contributed by atoms with E-state index in [1.807, 2.05) is 43.3 Å². The lowest BCUT2D eigenvalue weighted by Crippen LogP contribution is -2.17. The summed E-state index contributed by atoms with van der Waals surface area (Å²) in [5.41, 5.74) is 2.37. The van der Waals surface area contributed by atoms with Crippen molar-refractivity contribution >= 4 is 0 Å². The van der Waals surface area contributed by atoms with Crippen LogP contribution in [0.1, 0.15) is 36.9 Å². The molecular weight excluding hydrogens is 250 g/mol. The molecule has 0 saturated heterocycles. The largest absolute Gasteiger partial charge is 0.494 e. The molecule has 0 aliphatic heterocycles. The average molecular weight is 273 g/mol. The number of hydrogen-bond acceptors (Lipinski definition) is 3. The maximum absolute atomic E-state index is 5.69. The van der Waals surface area contributed by atoms with Gasteiger partial charge in [0, 0.05) is 18.8 Å². The Kier molecular flexibility index (Phi) is 5.18. The van der Waals surface area contributed by atoms with Gasteiger partial charge < -0.3 is 10.1 Å². The van der Waals surface area contributed by atoms with Crippen molar-refractivity contribution in [1.82, 2.24) is 15.1 Å². The average Bonchev–Trinajstić information content (AvgIpc) is 2.88. The number of ether oxygens (including phenoxy) is 1. The van der Waals surface area contributed by atoms with Gasteiger partial charge in [-0.3, -0.25) is 4.68 Å². The van der Waals surface area contributed by atoms with Crippen LogP contribution in [0.3, 0.4) is 0 Å². The van der Waals surface area contributed by atoms with E-state index in [-0.39, 0.29) is 6.04 Å². The van der Waals surface area contributed by atoms with Gasteiger partial charge in [-0.05, 0) is 31.2 Å². The summed E-state index contributed by atoms with van der Waals surface area (Å²) in [5, 5.41) is 7.56. The van der Waals surface area contributed by atoms with E-state index in [2.05, 4.69) is 29.5 Å². The van der Waals surface area contributed by atoms with Crippen LogP contribution in [-0.4, -0.2) is 23.4 Å². The van der Waals surface area contributed by atoms with Crippen molar-refractivity contribution in [3.63, 3.8) is 0 Å². The Balaban J connectivity index is 2.07. The maximum Gasteiger partial charge on any atom is 0.119 e. The van der Waals surface area contributed by atoms with Crippen molar-refractivity contribution in [1.29, 1.82) is 0 Å². The first kappa shape index (κ1) is 14.6. The van der Waals surface area contributed by atoms with E-state index < -0.39 is 0 Å². The predicted octanol–water partition coefficient (Wildman–Crippen LogP) is 2.91. The van der Waals surface area contributed by atoms with Crippen LogP contribution in [0.2, 0.25) is 0 Å². The van der Waals surface area contributed by atoms with Crippen LogP contribution in [0.5, 0.6) is 5.75 Å². The normalized spacial score (nSPS) is 12.3. The van der Waals surface area contributed by atoms with Gasteiger partial charge in [0.15, 0.2) is 0 Å². The second-order valence-electron chi connectivity index (χ2n) is 4.94. The van der Waals surface area contributed by atoms with Crippen LogP contribution in [0.15, 0.2) is 36.7 Å². The number of aromatic nitrogens is 2. The highest BCUT2D eigenvalue weighted by Gasteiger charge is 2.13. The zero-order valence-electron chi connectivity index (χ0n) is 12.5. The molecule has 0 aliphatic carbocycles. The highest BCUT2D eigenvalue weighted by molar-refractivity contribution is 5.34. The van der Waals surface area contributed by atoms with Crippen molar-refractivity contribution in [3.8, 4) is 5.75 Å². The fourth-order valence-corrected chi connectivity index (χ4v) is 2.21. The molecule has 0 amide bonds. The number of unbranched alkanes of at least 4 members (excludes halogenated alkanes) is 1. The van der Waals surface area contributed by atoms with Gasteiger partial charge in [-0.2, -0.15) is 5.10 Å². The molecule has 1 N–H and O–H groups in total. The number of rotatable bonds is 7. The molecule has 0 radical (unpaired) electrons. The van der Waals surface area contributed by atoms with Crippen molar-refractivity contribution in [2.75, 3.05) is 13.7 Å². The topological polar surface area (TPSA) is 39.1 Å². The fraction of sp³-hybridized carbons (Fsp3) is 0.438. The van der Waals surface area contributed by atoms with E-state index >= 15 is 0 Å². The molecule has 1 unspecified atom stereocenters. The lowest BCUT2D eigenvalue weighted by Gasteiger charge is -2.15. The van der Waals surface area contributed by atoms with Crippen LogP contribution in [0, 0.1) is 0 Å². The second-order valence-corrected chi connectivity index (χ2v) is 4.94. The van der Waals surface area contributed by atoms with Crippen molar-refractivity contribution in [3.05, 3.63) is 47.8 Å². The van der Waals surface area contributed by atoms with Gasteiger partial charge in [-0.15, -0.1) is 0 Å². The number of nitrogens with one attached hydrogen (secondary N) is 1. The molecule has 1 aromatic carbocycles. The van der Waals surface area contributed by atoms with E-state index in [9.17, 15) is 0 Å². The molecule has 2 rings (SSSR count). The first-order valence-corrected chi connectivity index (χ1v) is 7.13. The molecule has 2 aromatic rings. The van der Waals surface area contributed by atoms with Gasteiger partial charge in [0.25, 0.3) is 0 Å². The van der Waals surface area contributed by atoms with Crippen LogP contribution in [0.25, 0.3) is 0 Å². The van der Waals surface area contributed by atoms with Gasteiger partial charge in [-0.1, -0.05) is 25.5 Å². The summed E-state index contributed by atoms with van der Waals surface area (Å²) in [4.78, 5) is 0. The third-order valence-corrected chi connectivity index (χ3v) is 3.33. The van der Waals surface area contributed by atoms with E-state index in [0.717, 1.165) is 30.8 Å². The molecule has 0 bridgehead atoms. The van der Waals surface area contributed by atoms with Crippen LogP contribution in [0.4, 0.5) is 0 Å². The molecule has 108 valence electrons. The van der Waals surface area contributed by atoms with Crippen molar-refractivity contribution in [2.24, 2.45) is 7.05 Å². The minimum absolute atomic E-state index is 0.161. The summed E-state index contributed by atoms with van der Waals surface area (Å²) in [5.74, 6) is 0.934. The standard InChI is InChI=1S/C16H23N3O/c1-4-5-10-20-15-8-6-13(7-9-15)16(17-2)14-11-18-19(3)12-14/h6-9,11-12,16-17H,4-5,10H2,1-3H3. The third kappa shape index (κ3) is 3.61. The quantitative estimate of drug-likeness (QED) is 0.788. The summed E-state index contributed by atoms with van der Waals surface area (Å²) in [7, 11) is 3.89. The van der Waals surface area contributed by atoms with Crippen molar-refractivity contribution < 1.29 is 4.74 Å². The molecular formula is C16H23N3O. The molecule has 0 aliphatic rings. The van der Waals surface area contributed by atoms with Crippen LogP contribution >= 0.6 is 0 Å². The first-order chi connectivity index (χ1) is 9.74. The molecule has 1 aromatic heterocycles. The summed E-state index contributed by atoms with van der Waals surface area (Å²) >= 11 is 0. The Labute approximate surface area is 120 Å². The zero-order valence-corrected chi connectivity index (χ0v) is 12.5. The minimum Gasteiger partial charge on any atom is -0.494 e. The molecule has 4 nitrogen and oxygen atoms in total. The monoisotopic (exact) mass is 273 g/mol. The van der Waals surface area contributed by atoms with E-state index in [4.69, 9.17) is 4.74 Å². The Hall–Kier alpha value is -1.81. The number of aryl methyl sites for hydroxylation is 1. The summed E-state index contributed by atoms with van der Waals surface area (Å²) in [6.45, 7) is 2.95. The fourth-order valence-electron chi connectivity index (χ4n) is 2.21. The minimum atomic E-state index is 0.161. The lowest BCUT2D eigenvalue weighted by atomic mass is 10.0. The third-order valence-electron chi connectivity index (χ3n) is 3.33. The van der Waals surface area contributed by atoms with E-state index in [0.29, 0.717) is 0 Å². The van der Waals surface area contributed by atoms with Gasteiger partial charge in [0.05, 0.1) is 18.8 Å². The molecule has 1 atom stereocenters. The Morgan fingerprint density at radius 3 is 2.55 bits per heavy atom. The van der Waals surface area contributed by atoms with Crippen molar-refractivity contribution in [2.45, 2.75) is 25.8 Å². The number of nitrogens with zero attached hydrogens (tertiary/aromatic N) is 2. The van der Waals surface area contributed by atoms with Gasteiger partial charge in [-0.25, -0.2) is 0 Å². The maximum atomic E-state index is 5.69. The SMILES string of the molecule is CCCCOc1ccc(C(NC)c2cnn(C)c2)cc1. The van der Waals surface area contributed by atoms with E-state index in [1.165, 1.54) is 5.56 Å². The summed E-state index contributed by atoms with van der Waals surface area (Å²) in [6, 6.07) is 8.44. The molecule has 1 heterocycles. The molecule has 4 heteroatoms. The lowest BCUT2D eigenvalue weighted by molar-refractivity contribution is 0.309.